The highest BCUT2D eigenvalue weighted by Gasteiger charge is 2.12. The first kappa shape index (κ1) is 12.8. The fourth-order valence-corrected chi connectivity index (χ4v) is 1.70. The van der Waals surface area contributed by atoms with Gasteiger partial charge in [-0.15, -0.1) is 0 Å². The quantitative estimate of drug-likeness (QED) is 0.889. The molecule has 0 aromatic heterocycles. The zero-order valence-electron chi connectivity index (χ0n) is 9.63. The van der Waals surface area contributed by atoms with Crippen molar-refractivity contribution in [2.75, 3.05) is 0 Å². The fourth-order valence-electron chi connectivity index (χ4n) is 1.70. The van der Waals surface area contributed by atoms with Gasteiger partial charge in [-0.2, -0.15) is 0 Å². The van der Waals surface area contributed by atoms with Crippen LogP contribution in [0.3, 0.4) is 0 Å². The monoisotopic (exact) mass is 260 g/mol. The summed E-state index contributed by atoms with van der Waals surface area (Å²) >= 11 is 0. The molecule has 0 heterocycles. The number of hydrogen-bond acceptors (Lipinski definition) is 2. The van der Waals surface area contributed by atoms with E-state index in [1.165, 1.54) is 18.2 Å². The molecule has 96 valence electrons. The lowest BCUT2D eigenvalue weighted by Gasteiger charge is -2.05. The number of hydrogen-bond donors (Lipinski definition) is 2. The van der Waals surface area contributed by atoms with E-state index in [0.29, 0.717) is 11.1 Å². The molecule has 0 fully saturated rings. The van der Waals surface area contributed by atoms with E-state index in [1.54, 1.807) is 12.1 Å². The SMILES string of the molecule is O=C(O)c1cccc(-c2ccc(C(=O)O)c(F)c2)c1. The lowest BCUT2D eigenvalue weighted by molar-refractivity contribution is 0.0683. The van der Waals surface area contributed by atoms with Gasteiger partial charge in [-0.25, -0.2) is 14.0 Å². The van der Waals surface area contributed by atoms with Gasteiger partial charge in [0.1, 0.15) is 5.82 Å². The van der Waals surface area contributed by atoms with E-state index < -0.39 is 23.3 Å². The molecule has 0 unspecified atom stereocenters. The maximum atomic E-state index is 13.5. The van der Waals surface area contributed by atoms with Crippen LogP contribution in [0.4, 0.5) is 4.39 Å². The van der Waals surface area contributed by atoms with Gasteiger partial charge >= 0.3 is 11.9 Å². The third-order valence-corrected chi connectivity index (χ3v) is 2.64. The number of aromatic carboxylic acids is 2. The van der Waals surface area contributed by atoms with Crippen LogP contribution >= 0.6 is 0 Å². The average Bonchev–Trinajstić information content (AvgIpc) is 2.38. The first-order valence-corrected chi connectivity index (χ1v) is 5.35. The van der Waals surface area contributed by atoms with E-state index in [0.717, 1.165) is 12.1 Å². The van der Waals surface area contributed by atoms with Crippen LogP contribution in [0.25, 0.3) is 11.1 Å². The number of carbonyl (C=O) groups is 2. The number of carboxylic acid groups (broad SMARTS) is 2. The summed E-state index contributed by atoms with van der Waals surface area (Å²) < 4.78 is 13.5. The second kappa shape index (κ2) is 4.89. The molecule has 2 rings (SSSR count). The van der Waals surface area contributed by atoms with Crippen LogP contribution in [0.1, 0.15) is 20.7 Å². The van der Waals surface area contributed by atoms with Crippen LogP contribution in [0.15, 0.2) is 42.5 Å². The van der Waals surface area contributed by atoms with Crippen molar-refractivity contribution in [1.82, 2.24) is 0 Å². The molecule has 0 spiro atoms. The topological polar surface area (TPSA) is 74.6 Å². The standard InChI is InChI=1S/C14H9FO4/c15-12-7-9(4-5-11(12)14(18)19)8-2-1-3-10(6-8)13(16)17/h1-7H,(H,16,17)(H,18,19). The zero-order chi connectivity index (χ0) is 14.0. The molecular formula is C14H9FO4. The first-order chi connectivity index (χ1) is 8.99. The molecular weight excluding hydrogens is 251 g/mol. The summed E-state index contributed by atoms with van der Waals surface area (Å²) in [5.74, 6) is -3.28. The molecule has 0 radical (unpaired) electrons. The highest BCUT2D eigenvalue weighted by Crippen LogP contribution is 2.23. The molecule has 0 atom stereocenters. The van der Waals surface area contributed by atoms with Gasteiger partial charge in [0.05, 0.1) is 11.1 Å². The molecule has 0 aliphatic heterocycles. The lowest BCUT2D eigenvalue weighted by Crippen LogP contribution is -2.00. The molecule has 2 aromatic rings. The van der Waals surface area contributed by atoms with E-state index in [4.69, 9.17) is 10.2 Å². The van der Waals surface area contributed by atoms with Gasteiger partial charge < -0.3 is 10.2 Å². The minimum Gasteiger partial charge on any atom is -0.478 e. The summed E-state index contributed by atoms with van der Waals surface area (Å²) in [5, 5.41) is 17.6. The molecule has 2 N–H and O–H groups in total. The van der Waals surface area contributed by atoms with E-state index >= 15 is 0 Å². The normalized spacial score (nSPS) is 10.2. The van der Waals surface area contributed by atoms with Gasteiger partial charge in [0.15, 0.2) is 0 Å². The molecule has 4 nitrogen and oxygen atoms in total. The summed E-state index contributed by atoms with van der Waals surface area (Å²) in [5.41, 5.74) is 0.597. The number of halogens is 1. The highest BCUT2D eigenvalue weighted by atomic mass is 19.1. The predicted molar refractivity (Wildman–Crippen MR) is 65.8 cm³/mol. The zero-order valence-corrected chi connectivity index (χ0v) is 9.63. The van der Waals surface area contributed by atoms with Crippen molar-refractivity contribution >= 4 is 11.9 Å². The minimum atomic E-state index is -1.34. The largest absolute Gasteiger partial charge is 0.478 e. The summed E-state index contributed by atoms with van der Waals surface area (Å²) in [6.45, 7) is 0. The molecule has 0 aliphatic carbocycles. The molecule has 2 aromatic carbocycles. The molecule has 19 heavy (non-hydrogen) atoms. The Labute approximate surface area is 107 Å². The maximum Gasteiger partial charge on any atom is 0.338 e. The van der Waals surface area contributed by atoms with Crippen molar-refractivity contribution in [1.29, 1.82) is 0 Å². The van der Waals surface area contributed by atoms with E-state index in [9.17, 15) is 14.0 Å². The van der Waals surface area contributed by atoms with Crippen molar-refractivity contribution in [3.63, 3.8) is 0 Å². The van der Waals surface area contributed by atoms with Crippen molar-refractivity contribution < 1.29 is 24.2 Å². The molecule has 0 amide bonds. The van der Waals surface area contributed by atoms with Crippen LogP contribution in [-0.4, -0.2) is 22.2 Å². The highest BCUT2D eigenvalue weighted by molar-refractivity contribution is 5.90. The second-order valence-corrected chi connectivity index (χ2v) is 3.89. The Morgan fingerprint density at radius 2 is 1.58 bits per heavy atom. The second-order valence-electron chi connectivity index (χ2n) is 3.89. The van der Waals surface area contributed by atoms with Gasteiger partial charge in [-0.3, -0.25) is 0 Å². The lowest BCUT2D eigenvalue weighted by atomic mass is 10.0. The molecule has 5 heteroatoms. The fraction of sp³-hybridized carbons (Fsp3) is 0. The van der Waals surface area contributed by atoms with E-state index in [-0.39, 0.29) is 5.56 Å². The summed E-state index contributed by atoms with van der Waals surface area (Å²) in [6.07, 6.45) is 0. The summed E-state index contributed by atoms with van der Waals surface area (Å²) in [4.78, 5) is 21.5. The maximum absolute atomic E-state index is 13.5. The third-order valence-electron chi connectivity index (χ3n) is 2.64. The van der Waals surface area contributed by atoms with Crippen LogP contribution in [0.5, 0.6) is 0 Å². The smallest absolute Gasteiger partial charge is 0.338 e. The third kappa shape index (κ3) is 2.60. The van der Waals surface area contributed by atoms with Gasteiger partial charge in [-0.05, 0) is 35.4 Å². The Hall–Kier alpha value is -2.69. The molecule has 0 bridgehead atoms. The number of benzene rings is 2. The van der Waals surface area contributed by atoms with Gasteiger partial charge in [0, 0.05) is 0 Å². The molecule has 0 aliphatic rings. The average molecular weight is 260 g/mol. The van der Waals surface area contributed by atoms with E-state index in [1.807, 2.05) is 0 Å². The van der Waals surface area contributed by atoms with Crippen molar-refractivity contribution in [2.45, 2.75) is 0 Å². The van der Waals surface area contributed by atoms with E-state index in [2.05, 4.69) is 0 Å². The Bertz CT molecular complexity index is 664. The van der Waals surface area contributed by atoms with Crippen molar-refractivity contribution in [3.8, 4) is 11.1 Å². The summed E-state index contributed by atoms with van der Waals surface area (Å²) in [6, 6.07) is 9.66. The Morgan fingerprint density at radius 3 is 2.16 bits per heavy atom. The summed E-state index contributed by atoms with van der Waals surface area (Å²) in [7, 11) is 0. The van der Waals surface area contributed by atoms with Crippen LogP contribution in [-0.2, 0) is 0 Å². The van der Waals surface area contributed by atoms with Gasteiger partial charge in [0.25, 0.3) is 0 Å². The van der Waals surface area contributed by atoms with Crippen molar-refractivity contribution in [2.24, 2.45) is 0 Å². The van der Waals surface area contributed by atoms with Crippen LogP contribution < -0.4 is 0 Å². The van der Waals surface area contributed by atoms with Gasteiger partial charge in [0.2, 0.25) is 0 Å². The first-order valence-electron chi connectivity index (χ1n) is 5.35. The number of rotatable bonds is 3. The van der Waals surface area contributed by atoms with Crippen LogP contribution in [0.2, 0.25) is 0 Å². The Balaban J connectivity index is 2.48. The Kier molecular flexibility index (Phi) is 3.29. The predicted octanol–water partition coefficient (Wildman–Crippen LogP) is 2.89. The Morgan fingerprint density at radius 1 is 0.895 bits per heavy atom. The van der Waals surface area contributed by atoms with Crippen molar-refractivity contribution in [3.05, 3.63) is 59.4 Å². The van der Waals surface area contributed by atoms with Crippen LogP contribution in [0, 0.1) is 5.82 Å². The van der Waals surface area contributed by atoms with Gasteiger partial charge in [-0.1, -0.05) is 18.2 Å². The number of carboxylic acids is 2. The molecule has 0 saturated heterocycles. The molecule has 0 saturated carbocycles. The minimum absolute atomic E-state index is 0.0835.